The molecular formula is C21H21N5O2S. The van der Waals surface area contributed by atoms with E-state index in [0.29, 0.717) is 39.6 Å². The number of para-hydroxylation sites is 2. The highest BCUT2D eigenvalue weighted by Crippen LogP contribution is 2.24. The van der Waals surface area contributed by atoms with Gasteiger partial charge in [-0.2, -0.15) is 5.10 Å². The van der Waals surface area contributed by atoms with E-state index >= 15 is 0 Å². The molecule has 1 N–H and O–H groups in total. The van der Waals surface area contributed by atoms with Crippen molar-refractivity contribution in [3.8, 4) is 11.4 Å². The van der Waals surface area contributed by atoms with Crippen molar-refractivity contribution in [2.75, 3.05) is 0 Å². The Morgan fingerprint density at radius 1 is 1.14 bits per heavy atom. The molecule has 0 aliphatic heterocycles. The van der Waals surface area contributed by atoms with E-state index in [1.54, 1.807) is 16.7 Å². The summed E-state index contributed by atoms with van der Waals surface area (Å²) in [7, 11) is 0. The lowest BCUT2D eigenvalue weighted by molar-refractivity contribution is 0.292. The maximum absolute atomic E-state index is 13.3. The van der Waals surface area contributed by atoms with Crippen molar-refractivity contribution in [3.63, 3.8) is 0 Å². The van der Waals surface area contributed by atoms with Crippen LogP contribution in [0.2, 0.25) is 0 Å². The maximum atomic E-state index is 13.3. The van der Waals surface area contributed by atoms with Crippen molar-refractivity contribution in [3.05, 3.63) is 74.8 Å². The third-order valence-electron chi connectivity index (χ3n) is 4.90. The Balaban J connectivity index is 1.79. The number of aromatic nitrogens is 5. The van der Waals surface area contributed by atoms with Gasteiger partial charge in [-0.05, 0) is 56.8 Å². The van der Waals surface area contributed by atoms with Gasteiger partial charge in [0.25, 0.3) is 5.56 Å². The molecule has 0 bridgehead atoms. The van der Waals surface area contributed by atoms with Gasteiger partial charge in [0.1, 0.15) is 23.7 Å². The molecule has 0 aliphatic carbocycles. The zero-order valence-corrected chi connectivity index (χ0v) is 17.3. The quantitative estimate of drug-likeness (QED) is 0.509. The summed E-state index contributed by atoms with van der Waals surface area (Å²) in [6, 6.07) is 13.1. The van der Waals surface area contributed by atoms with Gasteiger partial charge < -0.3 is 9.30 Å². The molecule has 4 aromatic rings. The van der Waals surface area contributed by atoms with E-state index in [0.717, 1.165) is 11.3 Å². The van der Waals surface area contributed by atoms with Crippen LogP contribution in [0.3, 0.4) is 0 Å². The molecule has 4 rings (SSSR count). The van der Waals surface area contributed by atoms with E-state index < -0.39 is 0 Å². The van der Waals surface area contributed by atoms with E-state index in [2.05, 4.69) is 10.2 Å². The molecule has 0 fully saturated rings. The van der Waals surface area contributed by atoms with E-state index in [1.807, 2.05) is 55.7 Å². The molecule has 2 heterocycles. The molecule has 148 valence electrons. The van der Waals surface area contributed by atoms with Gasteiger partial charge >= 0.3 is 0 Å². The molecule has 0 unspecified atom stereocenters. The lowest BCUT2D eigenvalue weighted by Gasteiger charge is -2.15. The molecule has 2 aromatic carbocycles. The first-order valence-corrected chi connectivity index (χ1v) is 9.77. The Morgan fingerprint density at radius 3 is 2.69 bits per heavy atom. The van der Waals surface area contributed by atoms with Gasteiger partial charge in [-0.25, -0.2) is 4.98 Å². The third kappa shape index (κ3) is 3.36. The second kappa shape index (κ2) is 7.63. The van der Waals surface area contributed by atoms with Crippen LogP contribution in [-0.4, -0.2) is 24.3 Å². The standard InChI is InChI=1S/C21H21N5O2S/c1-4-25-18(23-24-21(25)29)12-28-17-11-7-9-15-19(17)22-14(3)26(20(15)27)16-10-6-5-8-13(16)2/h5-11H,4,12H2,1-3H3,(H,24,29). The number of ether oxygens (including phenoxy) is 1. The average molecular weight is 407 g/mol. The number of fused-ring (bicyclic) bond motifs is 1. The summed E-state index contributed by atoms with van der Waals surface area (Å²) < 4.78 is 10.0. The summed E-state index contributed by atoms with van der Waals surface area (Å²) in [6.07, 6.45) is 0. The first-order chi connectivity index (χ1) is 14.0. The number of nitrogens with zero attached hydrogens (tertiary/aromatic N) is 4. The largest absolute Gasteiger partial charge is 0.483 e. The molecule has 7 nitrogen and oxygen atoms in total. The minimum Gasteiger partial charge on any atom is -0.483 e. The number of H-pyrrole nitrogens is 1. The number of benzene rings is 2. The summed E-state index contributed by atoms with van der Waals surface area (Å²) in [4.78, 5) is 18.0. The Kier molecular flexibility index (Phi) is 5.02. The summed E-state index contributed by atoms with van der Waals surface area (Å²) in [5, 5.41) is 7.50. The van der Waals surface area contributed by atoms with E-state index in [9.17, 15) is 4.79 Å². The first kappa shape index (κ1) is 19.1. The van der Waals surface area contributed by atoms with Crippen molar-refractivity contribution in [1.29, 1.82) is 0 Å². The highest BCUT2D eigenvalue weighted by atomic mass is 32.1. The number of hydrogen-bond donors (Lipinski definition) is 1. The van der Waals surface area contributed by atoms with Gasteiger partial charge in [-0.3, -0.25) is 14.5 Å². The number of rotatable bonds is 5. The first-order valence-electron chi connectivity index (χ1n) is 9.36. The lowest BCUT2D eigenvalue weighted by atomic mass is 10.1. The van der Waals surface area contributed by atoms with E-state index in [4.69, 9.17) is 21.9 Å². The monoisotopic (exact) mass is 407 g/mol. The summed E-state index contributed by atoms with van der Waals surface area (Å²) in [5.74, 6) is 1.83. The van der Waals surface area contributed by atoms with Crippen LogP contribution in [0.1, 0.15) is 24.1 Å². The van der Waals surface area contributed by atoms with Crippen LogP contribution in [0.15, 0.2) is 47.3 Å². The Labute approximate surface area is 172 Å². The van der Waals surface area contributed by atoms with Gasteiger partial charge in [0.2, 0.25) is 0 Å². The highest BCUT2D eigenvalue weighted by molar-refractivity contribution is 7.71. The summed E-state index contributed by atoms with van der Waals surface area (Å²) in [6.45, 7) is 6.72. The van der Waals surface area contributed by atoms with Crippen LogP contribution >= 0.6 is 12.2 Å². The predicted molar refractivity (Wildman–Crippen MR) is 114 cm³/mol. The molecule has 0 saturated heterocycles. The number of aryl methyl sites for hydroxylation is 2. The van der Waals surface area contributed by atoms with Crippen LogP contribution < -0.4 is 10.3 Å². The third-order valence-corrected chi connectivity index (χ3v) is 5.21. The van der Waals surface area contributed by atoms with Gasteiger partial charge in [-0.15, -0.1) is 0 Å². The molecule has 0 amide bonds. The highest BCUT2D eigenvalue weighted by Gasteiger charge is 2.15. The Hall–Kier alpha value is -3.26. The predicted octanol–water partition coefficient (Wildman–Crippen LogP) is 3.86. The Bertz CT molecular complexity index is 1320. The van der Waals surface area contributed by atoms with Crippen LogP contribution in [0.25, 0.3) is 16.6 Å². The van der Waals surface area contributed by atoms with Gasteiger partial charge in [0, 0.05) is 6.54 Å². The lowest BCUT2D eigenvalue weighted by Crippen LogP contribution is -2.23. The van der Waals surface area contributed by atoms with Crippen LogP contribution in [-0.2, 0) is 13.2 Å². The smallest absolute Gasteiger partial charge is 0.266 e. The molecule has 8 heteroatoms. The van der Waals surface area contributed by atoms with Gasteiger partial charge in [0.15, 0.2) is 10.6 Å². The summed E-state index contributed by atoms with van der Waals surface area (Å²) >= 11 is 5.22. The van der Waals surface area contributed by atoms with Crippen molar-refractivity contribution in [2.45, 2.75) is 33.9 Å². The maximum Gasteiger partial charge on any atom is 0.266 e. The number of aromatic amines is 1. The van der Waals surface area contributed by atoms with Crippen molar-refractivity contribution in [2.24, 2.45) is 0 Å². The van der Waals surface area contributed by atoms with E-state index in [-0.39, 0.29) is 12.2 Å². The zero-order valence-electron chi connectivity index (χ0n) is 16.5. The fourth-order valence-corrected chi connectivity index (χ4v) is 3.71. The normalized spacial score (nSPS) is 11.1. The second-order valence-electron chi connectivity index (χ2n) is 6.72. The fraction of sp³-hybridized carbons (Fsp3) is 0.238. The van der Waals surface area contributed by atoms with Crippen LogP contribution in [0, 0.1) is 18.6 Å². The fourth-order valence-electron chi connectivity index (χ4n) is 3.43. The van der Waals surface area contributed by atoms with E-state index in [1.165, 1.54) is 0 Å². The van der Waals surface area contributed by atoms with Crippen LogP contribution in [0.4, 0.5) is 0 Å². The minimum atomic E-state index is -0.122. The molecule has 29 heavy (non-hydrogen) atoms. The average Bonchev–Trinajstić information content (AvgIpc) is 3.07. The topological polar surface area (TPSA) is 77.7 Å². The number of hydrogen-bond acceptors (Lipinski definition) is 5. The van der Waals surface area contributed by atoms with Gasteiger partial charge in [0.05, 0.1) is 11.1 Å². The van der Waals surface area contributed by atoms with Gasteiger partial charge in [-0.1, -0.05) is 24.3 Å². The van der Waals surface area contributed by atoms with Crippen molar-refractivity contribution in [1.82, 2.24) is 24.3 Å². The second-order valence-corrected chi connectivity index (χ2v) is 7.10. The zero-order chi connectivity index (χ0) is 20.5. The van der Waals surface area contributed by atoms with Crippen molar-refractivity contribution < 1.29 is 4.74 Å². The molecule has 0 spiro atoms. The molecular weight excluding hydrogens is 386 g/mol. The Morgan fingerprint density at radius 2 is 1.93 bits per heavy atom. The number of nitrogens with one attached hydrogen (secondary N) is 1. The van der Waals surface area contributed by atoms with Crippen LogP contribution in [0.5, 0.6) is 5.75 Å². The SMILES string of the molecule is CCn1c(COc2cccc3c(=O)n(-c4ccccc4C)c(C)nc23)n[nH]c1=S. The molecule has 0 aliphatic rings. The molecule has 0 saturated carbocycles. The minimum absolute atomic E-state index is 0.122. The molecule has 2 aromatic heterocycles. The van der Waals surface area contributed by atoms with Crippen molar-refractivity contribution >= 4 is 23.1 Å². The summed E-state index contributed by atoms with van der Waals surface area (Å²) in [5.41, 5.74) is 2.25. The molecule has 0 atom stereocenters. The molecule has 0 radical (unpaired) electrons.